The van der Waals surface area contributed by atoms with Crippen LogP contribution in [0.15, 0.2) is 58.8 Å². The lowest BCUT2D eigenvalue weighted by atomic mass is 10.1. The molecule has 1 aliphatic heterocycles. The molecule has 0 unspecified atom stereocenters. The number of aryl methyl sites for hydroxylation is 1. The zero-order chi connectivity index (χ0) is 17.2. The Morgan fingerprint density at radius 1 is 1.20 bits per heavy atom. The maximum absolute atomic E-state index is 13.1. The fourth-order valence-electron chi connectivity index (χ4n) is 3.09. The Morgan fingerprint density at radius 3 is 2.84 bits per heavy atom. The summed E-state index contributed by atoms with van der Waals surface area (Å²) in [4.78, 5) is 20.6. The first-order valence-electron chi connectivity index (χ1n) is 8.25. The van der Waals surface area contributed by atoms with Gasteiger partial charge in [0.25, 0.3) is 5.91 Å². The van der Waals surface area contributed by atoms with Gasteiger partial charge in [0.15, 0.2) is 0 Å². The van der Waals surface area contributed by atoms with Gasteiger partial charge in [-0.25, -0.2) is 4.98 Å². The van der Waals surface area contributed by atoms with E-state index in [2.05, 4.69) is 16.4 Å². The molecule has 0 aliphatic carbocycles. The van der Waals surface area contributed by atoms with Crippen molar-refractivity contribution < 1.29 is 4.79 Å². The fraction of sp³-hybridized carbons (Fsp3) is 0.200. The van der Waals surface area contributed by atoms with E-state index >= 15 is 0 Å². The van der Waals surface area contributed by atoms with Gasteiger partial charge >= 0.3 is 0 Å². The first kappa shape index (κ1) is 16.4. The second-order valence-corrected chi connectivity index (χ2v) is 8.06. The highest BCUT2D eigenvalue weighted by Gasteiger charge is 2.26. The molecule has 126 valence electrons. The van der Waals surface area contributed by atoms with Gasteiger partial charge in [0.05, 0.1) is 16.3 Å². The molecule has 0 fully saturated rings. The van der Waals surface area contributed by atoms with Crippen molar-refractivity contribution in [3.8, 4) is 0 Å². The van der Waals surface area contributed by atoms with Crippen molar-refractivity contribution in [2.75, 3.05) is 11.4 Å². The highest BCUT2D eigenvalue weighted by atomic mass is 32.2. The molecule has 4 rings (SSSR count). The van der Waals surface area contributed by atoms with E-state index in [1.165, 1.54) is 5.56 Å². The summed E-state index contributed by atoms with van der Waals surface area (Å²) >= 11 is 3.34. The third kappa shape index (κ3) is 3.34. The molecular weight excluding hydrogens is 348 g/mol. The molecule has 5 heteroatoms. The number of rotatable bonds is 4. The lowest BCUT2D eigenvalue weighted by Crippen LogP contribution is -2.29. The summed E-state index contributed by atoms with van der Waals surface area (Å²) in [6.07, 6.45) is 0.926. The van der Waals surface area contributed by atoms with Gasteiger partial charge in [-0.3, -0.25) is 4.79 Å². The van der Waals surface area contributed by atoms with E-state index in [0.29, 0.717) is 0 Å². The molecule has 0 saturated heterocycles. The number of thiazole rings is 1. The van der Waals surface area contributed by atoms with E-state index in [9.17, 15) is 4.79 Å². The van der Waals surface area contributed by atoms with Crippen LogP contribution in [0.3, 0.4) is 0 Å². The van der Waals surface area contributed by atoms with Gasteiger partial charge in [0, 0.05) is 28.3 Å². The third-order valence-electron chi connectivity index (χ3n) is 4.29. The molecular formula is C20H18N2OS2. The first-order chi connectivity index (χ1) is 12.2. The van der Waals surface area contributed by atoms with E-state index in [0.717, 1.165) is 45.6 Å². The summed E-state index contributed by atoms with van der Waals surface area (Å²) in [5.74, 6) is 0.869. The van der Waals surface area contributed by atoms with E-state index < -0.39 is 0 Å². The summed E-state index contributed by atoms with van der Waals surface area (Å²) in [5.41, 5.74) is 4.14. The second kappa shape index (κ2) is 7.02. The number of para-hydroxylation sites is 1. The van der Waals surface area contributed by atoms with Crippen LogP contribution in [0, 0.1) is 6.92 Å². The maximum atomic E-state index is 13.1. The topological polar surface area (TPSA) is 33.2 Å². The van der Waals surface area contributed by atoms with Crippen LogP contribution >= 0.6 is 23.1 Å². The van der Waals surface area contributed by atoms with Gasteiger partial charge in [-0.15, -0.1) is 23.1 Å². The van der Waals surface area contributed by atoms with E-state index in [1.54, 1.807) is 23.1 Å². The average Bonchev–Trinajstić information content (AvgIpc) is 3.26. The molecule has 3 nitrogen and oxygen atoms in total. The minimum absolute atomic E-state index is 0.0857. The van der Waals surface area contributed by atoms with Crippen molar-refractivity contribution in [3.63, 3.8) is 0 Å². The SMILES string of the molecule is Cc1nc(CSc2ccccc2C(=O)N2CCc3ccccc32)cs1. The van der Waals surface area contributed by atoms with Gasteiger partial charge in [-0.1, -0.05) is 30.3 Å². The summed E-state index contributed by atoms with van der Waals surface area (Å²) in [5, 5.41) is 3.16. The number of amides is 1. The normalized spacial score (nSPS) is 13.1. The Bertz CT molecular complexity index is 919. The van der Waals surface area contributed by atoms with Gasteiger partial charge in [-0.2, -0.15) is 0 Å². The Morgan fingerprint density at radius 2 is 2.00 bits per heavy atom. The number of thioether (sulfide) groups is 1. The molecule has 25 heavy (non-hydrogen) atoms. The van der Waals surface area contributed by atoms with Crippen LogP contribution in [-0.2, 0) is 12.2 Å². The summed E-state index contributed by atoms with van der Waals surface area (Å²) in [6.45, 7) is 2.77. The maximum Gasteiger partial charge on any atom is 0.259 e. The van der Waals surface area contributed by atoms with Crippen LogP contribution in [-0.4, -0.2) is 17.4 Å². The predicted octanol–water partition coefficient (Wildman–Crippen LogP) is 4.95. The number of fused-ring (bicyclic) bond motifs is 1. The minimum Gasteiger partial charge on any atom is -0.308 e. The van der Waals surface area contributed by atoms with Crippen LogP contribution in [0.25, 0.3) is 0 Å². The van der Waals surface area contributed by atoms with E-state index in [-0.39, 0.29) is 5.91 Å². The number of carbonyl (C=O) groups is 1. The zero-order valence-corrected chi connectivity index (χ0v) is 15.6. The van der Waals surface area contributed by atoms with Crippen LogP contribution in [0.1, 0.15) is 26.6 Å². The highest BCUT2D eigenvalue weighted by Crippen LogP contribution is 2.32. The number of hydrogen-bond donors (Lipinski definition) is 0. The molecule has 0 atom stereocenters. The van der Waals surface area contributed by atoms with E-state index in [1.807, 2.05) is 54.3 Å². The van der Waals surface area contributed by atoms with Crippen LogP contribution in [0.5, 0.6) is 0 Å². The summed E-state index contributed by atoms with van der Waals surface area (Å²) < 4.78 is 0. The molecule has 0 saturated carbocycles. The largest absolute Gasteiger partial charge is 0.308 e. The Labute approximate surface area is 155 Å². The lowest BCUT2D eigenvalue weighted by Gasteiger charge is -2.19. The zero-order valence-electron chi connectivity index (χ0n) is 13.9. The molecule has 0 radical (unpaired) electrons. The van der Waals surface area contributed by atoms with Crippen molar-refractivity contribution in [3.05, 3.63) is 75.7 Å². The molecule has 1 amide bonds. The van der Waals surface area contributed by atoms with Gasteiger partial charge in [0.2, 0.25) is 0 Å². The Kier molecular flexibility index (Phi) is 4.59. The number of hydrogen-bond acceptors (Lipinski definition) is 4. The Balaban J connectivity index is 1.57. The van der Waals surface area contributed by atoms with Crippen LogP contribution in [0.2, 0.25) is 0 Å². The van der Waals surface area contributed by atoms with Crippen molar-refractivity contribution in [2.24, 2.45) is 0 Å². The number of anilines is 1. The van der Waals surface area contributed by atoms with Gasteiger partial charge < -0.3 is 4.90 Å². The minimum atomic E-state index is 0.0857. The Hall–Kier alpha value is -2.11. The van der Waals surface area contributed by atoms with Crippen molar-refractivity contribution in [1.82, 2.24) is 4.98 Å². The third-order valence-corrected chi connectivity index (χ3v) is 6.22. The number of aromatic nitrogens is 1. The number of benzene rings is 2. The molecule has 1 aromatic heterocycles. The monoisotopic (exact) mass is 366 g/mol. The van der Waals surface area contributed by atoms with E-state index in [4.69, 9.17) is 0 Å². The van der Waals surface area contributed by atoms with Crippen molar-refractivity contribution in [1.29, 1.82) is 0 Å². The van der Waals surface area contributed by atoms with Gasteiger partial charge in [-0.05, 0) is 37.1 Å². The molecule has 2 heterocycles. The summed E-state index contributed by atoms with van der Waals surface area (Å²) in [7, 11) is 0. The fourth-order valence-corrected chi connectivity index (χ4v) is 4.75. The van der Waals surface area contributed by atoms with Gasteiger partial charge in [0.1, 0.15) is 0 Å². The quantitative estimate of drug-likeness (QED) is 0.613. The molecule has 0 N–H and O–H groups in total. The number of nitrogens with zero attached hydrogens (tertiary/aromatic N) is 2. The standard InChI is InChI=1S/C20H18N2OS2/c1-14-21-16(12-24-14)13-25-19-9-5-3-7-17(19)20(23)22-11-10-15-6-2-4-8-18(15)22/h2-9,12H,10-11,13H2,1H3. The first-order valence-corrected chi connectivity index (χ1v) is 10.1. The average molecular weight is 367 g/mol. The van der Waals surface area contributed by atoms with Crippen molar-refractivity contribution >= 4 is 34.7 Å². The van der Waals surface area contributed by atoms with Crippen LogP contribution in [0.4, 0.5) is 5.69 Å². The molecule has 1 aliphatic rings. The lowest BCUT2D eigenvalue weighted by molar-refractivity contribution is 0.0986. The number of carbonyl (C=O) groups excluding carboxylic acids is 1. The molecule has 0 bridgehead atoms. The van der Waals surface area contributed by atoms with Crippen LogP contribution < -0.4 is 4.90 Å². The smallest absolute Gasteiger partial charge is 0.259 e. The molecule has 0 spiro atoms. The van der Waals surface area contributed by atoms with Crippen molar-refractivity contribution in [2.45, 2.75) is 24.0 Å². The second-order valence-electron chi connectivity index (χ2n) is 5.98. The molecule has 2 aromatic carbocycles. The highest BCUT2D eigenvalue weighted by molar-refractivity contribution is 7.98. The summed E-state index contributed by atoms with van der Waals surface area (Å²) in [6, 6.07) is 16.1. The molecule has 3 aromatic rings. The predicted molar refractivity (Wildman–Crippen MR) is 105 cm³/mol.